The van der Waals surface area contributed by atoms with Crippen molar-refractivity contribution in [2.75, 3.05) is 33.7 Å². The Morgan fingerprint density at radius 1 is 1.36 bits per heavy atom. The number of amides is 1. The van der Waals surface area contributed by atoms with Crippen LogP contribution < -0.4 is 5.43 Å². The third-order valence-corrected chi connectivity index (χ3v) is 1.80. The molecule has 5 heteroatoms. The summed E-state index contributed by atoms with van der Waals surface area (Å²) in [5.41, 5.74) is 3.10. The van der Waals surface area contributed by atoms with Gasteiger partial charge in [-0.05, 0) is 12.8 Å². The van der Waals surface area contributed by atoms with Gasteiger partial charge in [-0.1, -0.05) is 6.92 Å². The van der Waals surface area contributed by atoms with Crippen molar-refractivity contribution >= 4 is 6.09 Å². The zero-order chi connectivity index (χ0) is 11.0. The first-order valence-corrected chi connectivity index (χ1v) is 4.96. The predicted molar refractivity (Wildman–Crippen MR) is 56.2 cm³/mol. The Labute approximate surface area is 85.7 Å². The number of rotatable bonds is 7. The Balaban J connectivity index is 3.56. The molecule has 0 atom stereocenters. The topological polar surface area (TPSA) is 55.8 Å². The standard InChI is InChI=1S/C9H21N3O2/c1-4-7-12(9(13)14)8-5-6-10-11(2)3/h10H,4-8H2,1-3H3,(H,13,14). The van der Waals surface area contributed by atoms with Gasteiger partial charge in [0, 0.05) is 33.7 Å². The molecule has 0 aromatic carbocycles. The van der Waals surface area contributed by atoms with E-state index in [4.69, 9.17) is 5.11 Å². The van der Waals surface area contributed by atoms with Crippen molar-refractivity contribution < 1.29 is 9.90 Å². The van der Waals surface area contributed by atoms with E-state index in [9.17, 15) is 4.79 Å². The number of carbonyl (C=O) groups is 1. The second kappa shape index (κ2) is 7.58. The Bertz CT molecular complexity index is 162. The quantitative estimate of drug-likeness (QED) is 0.475. The van der Waals surface area contributed by atoms with Crippen LogP contribution in [0.5, 0.6) is 0 Å². The number of carboxylic acid groups (broad SMARTS) is 1. The van der Waals surface area contributed by atoms with Gasteiger partial charge in [-0.3, -0.25) is 10.4 Å². The Kier molecular flexibility index (Phi) is 7.14. The average molecular weight is 203 g/mol. The van der Waals surface area contributed by atoms with Crippen LogP contribution in [0.1, 0.15) is 19.8 Å². The third kappa shape index (κ3) is 6.68. The average Bonchev–Trinajstić information content (AvgIpc) is 2.09. The summed E-state index contributed by atoms with van der Waals surface area (Å²) in [7, 11) is 3.84. The van der Waals surface area contributed by atoms with Crippen LogP contribution in [0.4, 0.5) is 4.79 Å². The molecule has 0 aliphatic rings. The van der Waals surface area contributed by atoms with Crippen molar-refractivity contribution in [3.05, 3.63) is 0 Å². The molecule has 0 unspecified atom stereocenters. The van der Waals surface area contributed by atoms with E-state index in [0.29, 0.717) is 13.1 Å². The van der Waals surface area contributed by atoms with Gasteiger partial charge in [0.25, 0.3) is 0 Å². The second-order valence-corrected chi connectivity index (χ2v) is 3.43. The maximum Gasteiger partial charge on any atom is 0.407 e. The molecular formula is C9H21N3O2. The van der Waals surface area contributed by atoms with Gasteiger partial charge in [0.05, 0.1) is 0 Å². The van der Waals surface area contributed by atoms with E-state index in [1.165, 1.54) is 4.90 Å². The molecule has 0 aliphatic heterocycles. The van der Waals surface area contributed by atoms with Crippen LogP contribution in [-0.4, -0.2) is 54.8 Å². The molecule has 0 aromatic heterocycles. The Morgan fingerprint density at radius 2 is 2.00 bits per heavy atom. The summed E-state index contributed by atoms with van der Waals surface area (Å²) in [4.78, 5) is 12.2. The number of nitrogens with one attached hydrogen (secondary N) is 1. The van der Waals surface area contributed by atoms with Gasteiger partial charge in [0.15, 0.2) is 0 Å². The van der Waals surface area contributed by atoms with Crippen molar-refractivity contribution in [3.8, 4) is 0 Å². The molecule has 0 saturated carbocycles. The van der Waals surface area contributed by atoms with E-state index in [1.54, 1.807) is 0 Å². The summed E-state index contributed by atoms with van der Waals surface area (Å²) in [5.74, 6) is 0. The molecule has 0 aromatic rings. The van der Waals surface area contributed by atoms with Crippen molar-refractivity contribution in [2.45, 2.75) is 19.8 Å². The van der Waals surface area contributed by atoms with Gasteiger partial charge in [0.2, 0.25) is 0 Å². The van der Waals surface area contributed by atoms with Crippen LogP contribution >= 0.6 is 0 Å². The second-order valence-electron chi connectivity index (χ2n) is 3.43. The van der Waals surface area contributed by atoms with Crippen LogP contribution in [0.3, 0.4) is 0 Å². The molecule has 0 spiro atoms. The normalized spacial score (nSPS) is 10.6. The first-order chi connectivity index (χ1) is 6.57. The maximum atomic E-state index is 10.7. The summed E-state index contributed by atoms with van der Waals surface area (Å²) in [5, 5.41) is 10.7. The molecule has 0 saturated heterocycles. The highest BCUT2D eigenvalue weighted by Gasteiger charge is 2.08. The van der Waals surface area contributed by atoms with E-state index in [2.05, 4.69) is 5.43 Å². The molecule has 0 heterocycles. The minimum absolute atomic E-state index is 0.601. The first kappa shape index (κ1) is 13.2. The molecule has 0 radical (unpaired) electrons. The highest BCUT2D eigenvalue weighted by molar-refractivity contribution is 5.64. The molecule has 14 heavy (non-hydrogen) atoms. The number of hydrogen-bond acceptors (Lipinski definition) is 3. The molecule has 1 amide bonds. The maximum absolute atomic E-state index is 10.7. The van der Waals surface area contributed by atoms with Gasteiger partial charge < -0.3 is 10.0 Å². The van der Waals surface area contributed by atoms with Gasteiger partial charge in [-0.15, -0.1) is 0 Å². The molecule has 0 bridgehead atoms. The van der Waals surface area contributed by atoms with Crippen LogP contribution in [0.2, 0.25) is 0 Å². The molecule has 0 fully saturated rings. The predicted octanol–water partition coefficient (Wildman–Crippen LogP) is 0.833. The largest absolute Gasteiger partial charge is 0.465 e. The Morgan fingerprint density at radius 3 is 2.43 bits per heavy atom. The van der Waals surface area contributed by atoms with Gasteiger partial charge in [-0.2, -0.15) is 0 Å². The fourth-order valence-electron chi connectivity index (χ4n) is 1.15. The summed E-state index contributed by atoms with van der Waals surface area (Å²) in [6, 6.07) is 0. The molecular weight excluding hydrogens is 182 g/mol. The van der Waals surface area contributed by atoms with Gasteiger partial charge >= 0.3 is 6.09 Å². The highest BCUT2D eigenvalue weighted by atomic mass is 16.4. The van der Waals surface area contributed by atoms with Crippen LogP contribution in [0.25, 0.3) is 0 Å². The number of nitrogens with zero attached hydrogens (tertiary/aromatic N) is 2. The minimum atomic E-state index is -0.822. The van der Waals surface area contributed by atoms with E-state index in [0.717, 1.165) is 19.4 Å². The monoisotopic (exact) mass is 203 g/mol. The highest BCUT2D eigenvalue weighted by Crippen LogP contribution is 1.94. The zero-order valence-corrected chi connectivity index (χ0v) is 9.29. The van der Waals surface area contributed by atoms with E-state index < -0.39 is 6.09 Å². The van der Waals surface area contributed by atoms with Crippen molar-refractivity contribution in [1.29, 1.82) is 0 Å². The zero-order valence-electron chi connectivity index (χ0n) is 9.29. The molecule has 2 N–H and O–H groups in total. The summed E-state index contributed by atoms with van der Waals surface area (Å²) in [6.45, 7) is 4.01. The van der Waals surface area contributed by atoms with E-state index >= 15 is 0 Å². The van der Waals surface area contributed by atoms with Crippen molar-refractivity contribution in [3.63, 3.8) is 0 Å². The molecule has 84 valence electrons. The lowest BCUT2D eigenvalue weighted by Gasteiger charge is -2.19. The van der Waals surface area contributed by atoms with Crippen LogP contribution in [0.15, 0.2) is 0 Å². The minimum Gasteiger partial charge on any atom is -0.465 e. The fraction of sp³-hybridized carbons (Fsp3) is 0.889. The SMILES string of the molecule is CCCN(CCCNN(C)C)C(=O)O. The van der Waals surface area contributed by atoms with Crippen LogP contribution in [0, 0.1) is 0 Å². The molecule has 0 aliphatic carbocycles. The molecule has 0 rings (SSSR count). The third-order valence-electron chi connectivity index (χ3n) is 1.80. The first-order valence-electron chi connectivity index (χ1n) is 4.96. The number of hydrazine groups is 1. The fourth-order valence-corrected chi connectivity index (χ4v) is 1.15. The van der Waals surface area contributed by atoms with Crippen molar-refractivity contribution in [1.82, 2.24) is 15.3 Å². The summed E-state index contributed by atoms with van der Waals surface area (Å²) in [6.07, 6.45) is 0.884. The van der Waals surface area contributed by atoms with E-state index in [-0.39, 0.29) is 0 Å². The van der Waals surface area contributed by atoms with Crippen LogP contribution in [-0.2, 0) is 0 Å². The van der Waals surface area contributed by atoms with Gasteiger partial charge in [-0.25, -0.2) is 4.79 Å². The van der Waals surface area contributed by atoms with Crippen molar-refractivity contribution in [2.24, 2.45) is 0 Å². The summed E-state index contributed by atoms with van der Waals surface area (Å²) < 4.78 is 0. The smallest absolute Gasteiger partial charge is 0.407 e. The summed E-state index contributed by atoms with van der Waals surface area (Å²) >= 11 is 0. The lowest BCUT2D eigenvalue weighted by Crippen LogP contribution is -2.35. The van der Waals surface area contributed by atoms with E-state index in [1.807, 2.05) is 26.0 Å². The van der Waals surface area contributed by atoms with Gasteiger partial charge in [0.1, 0.15) is 0 Å². The lowest BCUT2D eigenvalue weighted by atomic mass is 10.3. The lowest BCUT2D eigenvalue weighted by molar-refractivity contribution is 0.143. The molecule has 5 nitrogen and oxygen atoms in total. The number of hydrogen-bond donors (Lipinski definition) is 2. The Hall–Kier alpha value is -0.810.